The van der Waals surface area contributed by atoms with E-state index in [-0.39, 0.29) is 38.9 Å². The number of benzene rings is 1. The van der Waals surface area contributed by atoms with E-state index in [2.05, 4.69) is 15.0 Å². The van der Waals surface area contributed by atoms with E-state index >= 15 is 0 Å². The summed E-state index contributed by atoms with van der Waals surface area (Å²) in [5.74, 6) is -5.26. The summed E-state index contributed by atoms with van der Waals surface area (Å²) in [5.41, 5.74) is 1.24. The zero-order chi connectivity index (χ0) is 42.5. The molecule has 9 rings (SSSR count). The van der Waals surface area contributed by atoms with E-state index in [0.717, 1.165) is 24.2 Å². The quantitative estimate of drug-likeness (QED) is 0.298. The number of hydrogen-bond donors (Lipinski definition) is 2. The summed E-state index contributed by atoms with van der Waals surface area (Å²) in [7, 11) is -3.93. The lowest BCUT2D eigenvalue weighted by Gasteiger charge is -2.33. The van der Waals surface area contributed by atoms with Crippen LogP contribution in [-0.4, -0.2) is 107 Å². The van der Waals surface area contributed by atoms with Gasteiger partial charge in [-0.2, -0.15) is 0 Å². The Morgan fingerprint density at radius 1 is 1.03 bits per heavy atom. The molecule has 3 aromatic rings. The number of hydrogen-bond acceptors (Lipinski definition) is 10. The highest BCUT2D eigenvalue weighted by Gasteiger charge is 2.62. The summed E-state index contributed by atoms with van der Waals surface area (Å²) in [6.07, 6.45) is 8.50. The average Bonchev–Trinajstić information content (AvgIpc) is 4.12. The van der Waals surface area contributed by atoms with Gasteiger partial charge in [-0.15, -0.1) is 0 Å². The van der Waals surface area contributed by atoms with Crippen LogP contribution in [0.3, 0.4) is 0 Å². The molecule has 14 nitrogen and oxygen atoms in total. The van der Waals surface area contributed by atoms with Crippen molar-refractivity contribution >= 4 is 44.6 Å². The van der Waals surface area contributed by atoms with Crippen LogP contribution in [0.1, 0.15) is 82.6 Å². The van der Waals surface area contributed by atoms with Gasteiger partial charge in [-0.25, -0.2) is 22.2 Å². The van der Waals surface area contributed by atoms with Gasteiger partial charge in [0.1, 0.15) is 29.2 Å². The first kappa shape index (κ1) is 41.2. The second-order valence-electron chi connectivity index (χ2n) is 17.4. The summed E-state index contributed by atoms with van der Waals surface area (Å²) in [6, 6.07) is 9.88. The lowest BCUT2D eigenvalue weighted by atomic mass is 9.94. The molecule has 4 amide bonds. The molecule has 2 N–H and O–H groups in total. The SMILES string of the molecule is O=C1N[C@]2(C(=O)NS(=O)(=O)C3CC3)CC2/C=C\CCCCC[C@H](CC(=O)N2CCC(F)(F)CC2)C(=O)N2C[C@H](Oc3cc(-c4ccccn4)nc4c5c(ccc34)OCC5)C[C@@H]12. The molecular weight excluding hydrogens is 811 g/mol. The van der Waals surface area contributed by atoms with Gasteiger partial charge < -0.3 is 24.6 Å². The Hall–Kier alpha value is -5.19. The molecule has 2 saturated carbocycles. The van der Waals surface area contributed by atoms with Crippen molar-refractivity contribution < 1.29 is 45.9 Å². The van der Waals surface area contributed by atoms with Gasteiger partial charge in [0.15, 0.2) is 0 Å². The number of allylic oxidation sites excluding steroid dienone is 1. The van der Waals surface area contributed by atoms with E-state index in [1.807, 2.05) is 36.4 Å². The second kappa shape index (κ2) is 16.3. The van der Waals surface area contributed by atoms with Gasteiger partial charge in [0, 0.05) is 80.2 Å². The molecule has 5 atom stereocenters. The van der Waals surface area contributed by atoms with Gasteiger partial charge in [0.05, 0.1) is 35.3 Å². The third-order valence-corrected chi connectivity index (χ3v) is 14.9. The second-order valence-corrected chi connectivity index (χ2v) is 19.4. The van der Waals surface area contributed by atoms with Gasteiger partial charge >= 0.3 is 0 Å². The molecule has 324 valence electrons. The largest absolute Gasteiger partial charge is 0.493 e. The third kappa shape index (κ3) is 8.54. The maximum atomic E-state index is 14.9. The fraction of sp³-hybridized carbons (Fsp3) is 0.545. The third-order valence-electron chi connectivity index (χ3n) is 13.1. The lowest BCUT2D eigenvalue weighted by molar-refractivity contribution is -0.147. The number of carbonyl (C=O) groups is 4. The fourth-order valence-corrected chi connectivity index (χ4v) is 10.6. The number of amides is 4. The number of alkyl halides is 2. The normalized spacial score (nSPS) is 28.3. The predicted octanol–water partition coefficient (Wildman–Crippen LogP) is 4.85. The van der Waals surface area contributed by atoms with Crippen molar-refractivity contribution in [2.75, 3.05) is 26.2 Å². The molecule has 6 aliphatic rings. The molecular formula is C44H50F2N6O8S. The Morgan fingerprint density at radius 3 is 2.62 bits per heavy atom. The predicted molar refractivity (Wildman–Crippen MR) is 219 cm³/mol. The van der Waals surface area contributed by atoms with E-state index < -0.39 is 87.2 Å². The number of nitrogens with zero attached hydrogens (tertiary/aromatic N) is 4. The number of nitrogens with one attached hydrogen (secondary N) is 2. The van der Waals surface area contributed by atoms with Crippen LogP contribution >= 0.6 is 0 Å². The van der Waals surface area contributed by atoms with Crippen molar-refractivity contribution in [2.24, 2.45) is 11.8 Å². The van der Waals surface area contributed by atoms with Crippen molar-refractivity contribution in [1.82, 2.24) is 29.8 Å². The number of pyridine rings is 2. The van der Waals surface area contributed by atoms with E-state index in [0.29, 0.717) is 73.2 Å². The number of aromatic nitrogens is 2. The Morgan fingerprint density at radius 2 is 1.85 bits per heavy atom. The van der Waals surface area contributed by atoms with Crippen molar-refractivity contribution in [2.45, 2.75) is 112 Å². The highest BCUT2D eigenvalue weighted by Crippen LogP contribution is 2.46. The van der Waals surface area contributed by atoms with Crippen LogP contribution in [0.5, 0.6) is 11.5 Å². The number of piperidine rings is 1. The number of rotatable bonds is 8. The number of fused-ring (bicyclic) bond motifs is 5. The van der Waals surface area contributed by atoms with Crippen molar-refractivity contribution in [3.8, 4) is 22.9 Å². The lowest BCUT2D eigenvalue weighted by Crippen LogP contribution is -2.57. The summed E-state index contributed by atoms with van der Waals surface area (Å²) in [6.45, 7) is 0.253. The number of likely N-dealkylation sites (tertiary alicyclic amines) is 1. The Bertz CT molecular complexity index is 2370. The van der Waals surface area contributed by atoms with E-state index in [9.17, 15) is 36.4 Å². The minimum Gasteiger partial charge on any atom is -0.493 e. The molecule has 2 aliphatic carbocycles. The molecule has 0 bridgehead atoms. The van der Waals surface area contributed by atoms with Gasteiger partial charge in [-0.05, 0) is 62.8 Å². The van der Waals surface area contributed by atoms with E-state index in [1.165, 1.54) is 9.80 Å². The zero-order valence-electron chi connectivity index (χ0n) is 33.8. The Labute approximate surface area is 352 Å². The summed E-state index contributed by atoms with van der Waals surface area (Å²) in [4.78, 5) is 69.4. The number of carbonyl (C=O) groups excluding carboxylic acids is 4. The average molecular weight is 861 g/mol. The number of sulfonamides is 1. The fourth-order valence-electron chi connectivity index (χ4n) is 9.26. The molecule has 0 spiro atoms. The van der Waals surface area contributed by atoms with E-state index in [1.54, 1.807) is 18.3 Å². The maximum Gasteiger partial charge on any atom is 0.259 e. The highest BCUT2D eigenvalue weighted by molar-refractivity contribution is 7.91. The molecule has 1 unspecified atom stereocenters. The van der Waals surface area contributed by atoms with Crippen LogP contribution in [0.2, 0.25) is 0 Å². The summed E-state index contributed by atoms with van der Waals surface area (Å²) < 4.78 is 68.9. The first-order chi connectivity index (χ1) is 29.3. The highest BCUT2D eigenvalue weighted by atomic mass is 32.2. The molecule has 61 heavy (non-hydrogen) atoms. The molecule has 6 heterocycles. The molecule has 0 radical (unpaired) electrons. The van der Waals surface area contributed by atoms with Gasteiger partial charge in [-0.3, -0.25) is 28.9 Å². The molecule has 2 aromatic heterocycles. The summed E-state index contributed by atoms with van der Waals surface area (Å²) in [5, 5.41) is 2.96. The topological polar surface area (TPSA) is 177 Å². The Kier molecular flexibility index (Phi) is 11.0. The van der Waals surface area contributed by atoms with Crippen molar-refractivity contribution in [3.05, 3.63) is 60.3 Å². The first-order valence-electron chi connectivity index (χ1n) is 21.5. The van der Waals surface area contributed by atoms with E-state index in [4.69, 9.17) is 14.5 Å². The van der Waals surface area contributed by atoms with Crippen LogP contribution in [-0.2, 0) is 35.6 Å². The van der Waals surface area contributed by atoms with Gasteiger partial charge in [0.25, 0.3) is 11.8 Å². The Balaban J connectivity index is 1.04. The van der Waals surface area contributed by atoms with Crippen LogP contribution in [0, 0.1) is 11.8 Å². The van der Waals surface area contributed by atoms with Gasteiger partial charge in [0.2, 0.25) is 27.7 Å². The van der Waals surface area contributed by atoms with Crippen LogP contribution < -0.4 is 19.5 Å². The smallest absolute Gasteiger partial charge is 0.259 e. The van der Waals surface area contributed by atoms with Crippen LogP contribution in [0.15, 0.2) is 54.7 Å². The molecule has 4 aliphatic heterocycles. The zero-order valence-corrected chi connectivity index (χ0v) is 34.6. The van der Waals surface area contributed by atoms with Gasteiger partial charge in [-0.1, -0.05) is 31.1 Å². The summed E-state index contributed by atoms with van der Waals surface area (Å²) >= 11 is 0. The minimum absolute atomic E-state index is 0.0226. The molecule has 17 heteroatoms. The monoisotopic (exact) mass is 860 g/mol. The van der Waals surface area contributed by atoms with Crippen molar-refractivity contribution in [3.63, 3.8) is 0 Å². The number of ether oxygens (including phenoxy) is 2. The molecule has 2 saturated heterocycles. The molecule has 4 fully saturated rings. The van der Waals surface area contributed by atoms with Crippen molar-refractivity contribution in [1.29, 1.82) is 0 Å². The van der Waals surface area contributed by atoms with Crippen LogP contribution in [0.4, 0.5) is 8.78 Å². The van der Waals surface area contributed by atoms with Crippen LogP contribution in [0.25, 0.3) is 22.3 Å². The standard InChI is InChI=1S/C44H50F2N6O8S/c45-43(46)16-19-51(20-17-43)38(53)22-27-8-4-2-1-3-5-9-28-25-44(28,42(56)50-61(57,58)30-11-12-30)49-40(54)35-23-29(26-52(35)41(27)55)60-37-24-34(33-10-6-7-18-47-33)48-39-31(37)13-14-36-32(39)15-21-59-36/h5-7,9-10,13-14,18,24,27-30,35H,1-4,8,11-12,15-17,19-23,25-26H2,(H,49,54)(H,50,56)/b9-5-/t27-,28?,29-,35+,44-/m1/s1. The molecule has 1 aromatic carbocycles. The first-order valence-corrected chi connectivity index (χ1v) is 23.0. The maximum absolute atomic E-state index is 14.9. The minimum atomic E-state index is -3.93. The number of halogens is 2.